The molecule has 11 aromatic carbocycles. The minimum atomic E-state index is -2.12. The topological polar surface area (TPSA) is 141 Å². The Morgan fingerprint density at radius 3 is 1.25 bits per heavy atom. The fourth-order valence-corrected chi connectivity index (χ4v) is 13.0. The van der Waals surface area contributed by atoms with E-state index in [0.717, 1.165) is 117 Å². The molecule has 0 bridgehead atoms. The van der Waals surface area contributed by atoms with E-state index in [2.05, 4.69) is 145 Å². The van der Waals surface area contributed by atoms with Crippen LogP contribution in [0.25, 0.3) is 134 Å². The first-order chi connectivity index (χ1) is 64.4. The average molecular weight is 2430 g/mol. The Bertz CT molecular complexity index is 6730. The summed E-state index contributed by atoms with van der Waals surface area (Å²) in [5, 5.41) is 11.6. The van der Waals surface area contributed by atoms with Crippen LogP contribution in [0.4, 0.5) is 0 Å². The summed E-state index contributed by atoms with van der Waals surface area (Å²) < 4.78 is 49.8. The first kappa shape index (κ1) is 94.2. The number of carbonyl (C=O) groups excluding carboxylic acids is 1. The Hall–Kier alpha value is -12.9. The number of allylic oxidation sites excluding steroid dienone is 2. The standard InChI is InChI=1S/2C18H14N.C17H10NO.C17H12N.3C12H10N.C11H20O2.4Ir/c1-14-10-11-18(19-13-14)17-9-5-8-16(12-17)15-6-3-2-4-7-15;1-14-7-9-15(10-8-14)17-11-12-19-18(13-17)16-5-3-2-4-6-16;1-2-10-16-12(6-1)13-7-5-8-14(17(13)19-16)15-9-3-4-11-18-15;1-3-7-14(8-4-1)16-11-12-17(18-13-16)15-9-5-2-6-10-15;1-10-6-5-9-12(13-10)11-7-3-2-4-8-11;2*1-10-7-8-12(13-9-10)11-5-3-2-4-6-11;1-8(2)5-10(12)7-11(13)6-9(3)4;;;;/h2-8,10-13H,1H3;2-5,7-13H,1H3;1-7,9-11H;1-9,11-13H;2-7,9H,1H3;2*2-5,7-9H,1H3;7-9,12H,5-6H2,1-4H3;;;;/q7*-1;;;;;/i1D3;;;;;1D3;;;;;;. The van der Waals surface area contributed by atoms with Crippen molar-refractivity contribution in [1.29, 1.82) is 0 Å². The van der Waals surface area contributed by atoms with Crippen LogP contribution in [0.3, 0.4) is 0 Å². The van der Waals surface area contributed by atoms with Gasteiger partial charge in [0, 0.05) is 156 Å². The Balaban J connectivity index is 0.000000193. The number of hydrogen-bond donors (Lipinski definition) is 1. The van der Waals surface area contributed by atoms with Crippen LogP contribution in [0.1, 0.15) is 76.7 Å². The molecule has 0 unspecified atom stereocenters. The molecule has 0 atom stereocenters. The summed E-state index contributed by atoms with van der Waals surface area (Å²) in [5.74, 6) is 0.979. The van der Waals surface area contributed by atoms with E-state index in [1.807, 2.05) is 327 Å². The maximum Gasteiger partial charge on any atom is 0.159 e. The summed E-state index contributed by atoms with van der Waals surface area (Å²) in [5.41, 5.74) is 25.6. The Morgan fingerprint density at radius 1 is 0.336 bits per heavy atom. The van der Waals surface area contributed by atoms with Gasteiger partial charge < -0.3 is 44.4 Å². The second-order valence-corrected chi connectivity index (χ2v) is 30.3. The van der Waals surface area contributed by atoms with Crippen LogP contribution in [0.2, 0.25) is 0 Å². The number of furan rings is 1. The molecule has 0 aliphatic rings. The third kappa shape index (κ3) is 33.2. The predicted octanol–water partition coefficient (Wildman–Crippen LogP) is 29.4. The van der Waals surface area contributed by atoms with Crippen LogP contribution in [0.5, 0.6) is 0 Å². The minimum absolute atomic E-state index is 0. The van der Waals surface area contributed by atoms with Gasteiger partial charge in [0.05, 0.1) is 11.3 Å². The molecule has 4 radical (unpaired) electrons. The van der Waals surface area contributed by atoms with E-state index < -0.39 is 13.7 Å². The number of aromatic nitrogens is 7. The van der Waals surface area contributed by atoms with Crippen molar-refractivity contribution in [2.24, 2.45) is 11.8 Å². The first-order valence-electron chi connectivity index (χ1n) is 44.9. The molecule has 0 amide bonds. The van der Waals surface area contributed by atoms with Gasteiger partial charge in [0.25, 0.3) is 0 Å². The molecule has 0 aliphatic heterocycles. The van der Waals surface area contributed by atoms with Crippen molar-refractivity contribution in [3.8, 4) is 112 Å². The van der Waals surface area contributed by atoms with Crippen molar-refractivity contribution in [3.63, 3.8) is 0 Å². The number of benzene rings is 11. The third-order valence-electron chi connectivity index (χ3n) is 19.3. The summed E-state index contributed by atoms with van der Waals surface area (Å²) in [6.07, 6.45) is 12.7. The van der Waals surface area contributed by atoms with Gasteiger partial charge in [-0.25, -0.2) is 0 Å². The van der Waals surface area contributed by atoms with Crippen molar-refractivity contribution in [2.45, 2.75) is 75.0 Å². The Kier molecular flexibility index (Phi) is 39.7. The zero-order valence-corrected chi connectivity index (χ0v) is 83.0. The SMILES string of the molecule is CC(C)CC(=O)C=C(O)CC(C)C.Cc1ccc(-c2[c-]cccc2)nc1.Cc1ccc(-c2ccnc(-c3[c-]cccc3)c2)cc1.Cc1cccc(-c2[c-]cccc2)n1.[2H]C([2H])([2H])c1ccc(-c2[c-]ccc(-c3ccccc3)c2)nc1.[2H]C([2H])([2H])c1ccc(-c2[c-]cccc2)nc1.[Ir].[Ir].[Ir].[Ir].[c-]1ccc2c(oc3ccccc32)c1-c1ccccn1.[c-]1ccccc1-c1ccc(-c2ccccc2)cn1. The summed E-state index contributed by atoms with van der Waals surface area (Å²) in [4.78, 5) is 41.6. The van der Waals surface area contributed by atoms with Gasteiger partial charge in [-0.2, -0.15) is 0 Å². The molecule has 0 saturated carbocycles. The van der Waals surface area contributed by atoms with Crippen LogP contribution >= 0.6 is 0 Å². The molecule has 1 N–H and O–H groups in total. The Labute approximate surface area is 835 Å². The van der Waals surface area contributed by atoms with Gasteiger partial charge in [0.2, 0.25) is 0 Å². The monoisotopic (exact) mass is 2430 g/mol. The van der Waals surface area contributed by atoms with Gasteiger partial charge in [-0.05, 0) is 155 Å². The first-order valence-corrected chi connectivity index (χ1v) is 41.9. The van der Waals surface area contributed by atoms with Gasteiger partial charge in [-0.3, -0.25) is 4.79 Å². The molecule has 131 heavy (non-hydrogen) atoms. The summed E-state index contributed by atoms with van der Waals surface area (Å²) in [6, 6.07) is 139. The van der Waals surface area contributed by atoms with Crippen molar-refractivity contribution >= 4 is 27.7 Å². The number of aliphatic hydroxyl groups excluding tert-OH is 1. The Morgan fingerprint density at radius 2 is 0.763 bits per heavy atom. The molecule has 664 valence electrons. The molecule has 0 aliphatic carbocycles. The maximum atomic E-state index is 11.2. The summed E-state index contributed by atoms with van der Waals surface area (Å²) in [6.45, 7) is 9.91. The van der Waals surface area contributed by atoms with E-state index in [9.17, 15) is 9.90 Å². The molecule has 0 spiro atoms. The molecule has 14 heteroatoms. The molecular formula is C117H100Ir4N7O3-7. The second kappa shape index (κ2) is 55.2. The van der Waals surface area contributed by atoms with Crippen LogP contribution in [-0.4, -0.2) is 45.8 Å². The van der Waals surface area contributed by atoms with Crippen LogP contribution < -0.4 is 0 Å². The number of aliphatic hydroxyl groups is 1. The van der Waals surface area contributed by atoms with Gasteiger partial charge in [0.1, 0.15) is 5.58 Å². The largest absolute Gasteiger partial charge is 0.512 e. The number of pyridine rings is 7. The van der Waals surface area contributed by atoms with Gasteiger partial charge in [-0.1, -0.05) is 226 Å². The average Bonchev–Trinajstić information content (AvgIpc) is 1.62. The molecule has 0 fully saturated rings. The van der Waals surface area contributed by atoms with Crippen molar-refractivity contribution in [3.05, 3.63) is 477 Å². The maximum absolute atomic E-state index is 11.2. The van der Waals surface area contributed by atoms with Gasteiger partial charge in [-0.15, -0.1) is 233 Å². The van der Waals surface area contributed by atoms with E-state index in [-0.39, 0.29) is 103 Å². The molecule has 0 saturated heterocycles. The van der Waals surface area contributed by atoms with Crippen molar-refractivity contribution in [2.75, 3.05) is 0 Å². The van der Waals surface area contributed by atoms with Gasteiger partial charge in [0.15, 0.2) is 5.78 Å². The zero-order valence-electron chi connectivity index (χ0n) is 79.4. The molecule has 19 rings (SSSR count). The van der Waals surface area contributed by atoms with Crippen LogP contribution in [-0.2, 0) is 85.2 Å². The fourth-order valence-electron chi connectivity index (χ4n) is 13.0. The van der Waals surface area contributed by atoms with Gasteiger partial charge >= 0.3 is 0 Å². The molecule has 10 nitrogen and oxygen atoms in total. The second-order valence-electron chi connectivity index (χ2n) is 30.3. The molecule has 8 heterocycles. The minimum Gasteiger partial charge on any atom is -0.512 e. The quantitative estimate of drug-likeness (QED) is 0.0599. The van der Waals surface area contributed by atoms with E-state index in [0.29, 0.717) is 30.4 Å². The number of rotatable bonds is 15. The molecule has 19 aromatic rings. The predicted molar refractivity (Wildman–Crippen MR) is 521 cm³/mol. The number of carbonyl (C=O) groups is 1. The summed E-state index contributed by atoms with van der Waals surface area (Å²) >= 11 is 0. The number of ketones is 1. The number of nitrogens with zero attached hydrogens (tertiary/aromatic N) is 7. The van der Waals surface area contributed by atoms with E-state index in [1.165, 1.54) is 46.3 Å². The fraction of sp³-hybridized carbons (Fsp3) is 0.111. The van der Waals surface area contributed by atoms with Crippen molar-refractivity contribution < 1.29 is 103 Å². The third-order valence-corrected chi connectivity index (χ3v) is 19.3. The number of fused-ring (bicyclic) bond motifs is 3. The zero-order chi connectivity index (χ0) is 93.7. The van der Waals surface area contributed by atoms with E-state index in [1.54, 1.807) is 36.5 Å². The van der Waals surface area contributed by atoms with Crippen LogP contribution in [0, 0.1) is 88.8 Å². The summed E-state index contributed by atoms with van der Waals surface area (Å²) in [7, 11) is 0. The van der Waals surface area contributed by atoms with E-state index >= 15 is 0 Å². The van der Waals surface area contributed by atoms with E-state index in [4.69, 9.17) is 12.6 Å². The number of aryl methyl sites for hydroxylation is 5. The number of para-hydroxylation sites is 1. The molecule has 8 aromatic heterocycles. The normalized spacial score (nSPS) is 11.1. The van der Waals surface area contributed by atoms with Crippen molar-refractivity contribution in [1.82, 2.24) is 34.9 Å². The number of hydrogen-bond acceptors (Lipinski definition) is 10. The van der Waals surface area contributed by atoms with Crippen LogP contribution in [0.15, 0.2) is 411 Å². The molecular weight excluding hydrogens is 2320 g/mol. The smallest absolute Gasteiger partial charge is 0.159 e.